The second kappa shape index (κ2) is 11.1. The van der Waals surface area contributed by atoms with Crippen molar-refractivity contribution in [3.8, 4) is 17.2 Å². The van der Waals surface area contributed by atoms with Crippen LogP contribution in [0.2, 0.25) is 0 Å². The first-order valence-electron chi connectivity index (χ1n) is 16.7. The highest BCUT2D eigenvalue weighted by atomic mass is 16.6. The van der Waals surface area contributed by atoms with Gasteiger partial charge in [-0.25, -0.2) is 0 Å². The molecule has 6 aliphatic rings. The summed E-state index contributed by atoms with van der Waals surface area (Å²) in [6.07, 6.45) is 9.08. The average molecular weight is 679 g/mol. The minimum absolute atomic E-state index is 0.0555. The molecule has 0 radical (unpaired) electrons. The first-order chi connectivity index (χ1) is 22.6. The summed E-state index contributed by atoms with van der Waals surface area (Å²) >= 11 is 0. The molecule has 1 saturated heterocycles. The van der Waals surface area contributed by atoms with Gasteiger partial charge in [-0.3, -0.25) is 14.4 Å². The summed E-state index contributed by atoms with van der Waals surface area (Å²) in [5.74, 6) is -1.96. The van der Waals surface area contributed by atoms with Crippen molar-refractivity contribution in [3.63, 3.8) is 0 Å². The number of ketones is 2. The average Bonchev–Trinajstić information content (AvgIpc) is 3.14. The van der Waals surface area contributed by atoms with Crippen LogP contribution in [-0.2, 0) is 25.5 Å². The molecule has 0 amide bonds. The van der Waals surface area contributed by atoms with Gasteiger partial charge in [0.2, 0.25) is 0 Å². The summed E-state index contributed by atoms with van der Waals surface area (Å²) in [6.45, 7) is 13.6. The van der Waals surface area contributed by atoms with Crippen molar-refractivity contribution < 1.29 is 53.8 Å². The quantitative estimate of drug-likeness (QED) is 0.157. The van der Waals surface area contributed by atoms with Gasteiger partial charge in [-0.1, -0.05) is 18.2 Å². The minimum atomic E-state index is -1.69. The van der Waals surface area contributed by atoms with E-state index in [0.29, 0.717) is 12.8 Å². The van der Waals surface area contributed by atoms with E-state index in [-0.39, 0.29) is 70.4 Å². The van der Waals surface area contributed by atoms with Gasteiger partial charge in [0.05, 0.1) is 28.5 Å². The molecule has 4 N–H and O–H groups in total. The number of hydrogen-bond acceptors (Lipinski definition) is 11. The third-order valence-corrected chi connectivity index (χ3v) is 10.7. The number of aromatic hydroxyl groups is 1. The number of Topliss-reactive ketones (excluding diaryl/α,β-unsaturated/α-hetero) is 2. The monoisotopic (exact) mass is 678 g/mol. The molecule has 1 spiro atoms. The lowest BCUT2D eigenvalue weighted by molar-refractivity contribution is -0.171. The van der Waals surface area contributed by atoms with Crippen LogP contribution < -0.4 is 9.47 Å². The molecule has 264 valence electrons. The maximum atomic E-state index is 14.8. The first-order valence-corrected chi connectivity index (χ1v) is 16.7. The smallest absolute Gasteiger partial charge is 0.298 e. The van der Waals surface area contributed by atoms with E-state index in [2.05, 4.69) is 0 Å². The van der Waals surface area contributed by atoms with E-state index in [0.717, 1.165) is 0 Å². The molecule has 49 heavy (non-hydrogen) atoms. The van der Waals surface area contributed by atoms with Crippen LogP contribution in [0.15, 0.2) is 41.7 Å². The summed E-state index contributed by atoms with van der Waals surface area (Å²) in [5.41, 5.74) is -7.34. The Labute approximate surface area is 285 Å². The zero-order valence-corrected chi connectivity index (χ0v) is 29.2. The second-order valence-corrected chi connectivity index (χ2v) is 15.9. The van der Waals surface area contributed by atoms with Gasteiger partial charge >= 0.3 is 0 Å². The van der Waals surface area contributed by atoms with Crippen molar-refractivity contribution in [2.75, 3.05) is 0 Å². The van der Waals surface area contributed by atoms with Crippen molar-refractivity contribution in [2.45, 2.75) is 121 Å². The largest absolute Gasteiger partial charge is 0.506 e. The number of allylic oxidation sites excluding steroid dienone is 2. The van der Waals surface area contributed by atoms with Crippen LogP contribution in [0.1, 0.15) is 96.1 Å². The molecule has 2 fully saturated rings. The van der Waals surface area contributed by atoms with Crippen molar-refractivity contribution in [2.24, 2.45) is 11.8 Å². The highest BCUT2D eigenvalue weighted by molar-refractivity contribution is 6.19. The number of carbonyl (C=O) groups excluding carboxylic acids is 3. The topological polar surface area (TPSA) is 169 Å². The number of carbonyl (C=O) groups is 3. The van der Waals surface area contributed by atoms with E-state index in [1.165, 1.54) is 13.8 Å². The van der Waals surface area contributed by atoms with Gasteiger partial charge in [0, 0.05) is 42.2 Å². The van der Waals surface area contributed by atoms with Crippen molar-refractivity contribution in [1.82, 2.24) is 0 Å². The molecule has 1 aromatic carbocycles. The molecule has 3 aliphatic heterocycles. The standard InChI is InChI=1S/C38H46O11/c1-20(46-19-39)10-15-37-32(43)21-16-24-29(42)27-28(41)22-11-14-36(8,13-9-12-33(2,3)44)47-30(22)23(18-26(40)34(4,5)45)31(27)48-38(24,37)25(17-21)35(6,7)49-37/h9-12,14,16,19,21,25-26,40-41,44-45H,13,15,17-18H2,1-8H3/b12-9+,20-10-/t21-,25?,26?,36-,37?,38-/m1/s1. The van der Waals surface area contributed by atoms with E-state index in [1.807, 2.05) is 20.8 Å². The highest BCUT2D eigenvalue weighted by Crippen LogP contribution is 2.68. The second-order valence-electron chi connectivity index (χ2n) is 15.9. The van der Waals surface area contributed by atoms with Crippen molar-refractivity contribution in [3.05, 3.63) is 58.4 Å². The van der Waals surface area contributed by atoms with Gasteiger partial charge in [0.25, 0.3) is 6.47 Å². The van der Waals surface area contributed by atoms with E-state index in [9.17, 15) is 34.8 Å². The van der Waals surface area contributed by atoms with Gasteiger partial charge in [-0.2, -0.15) is 0 Å². The number of rotatable bonds is 10. The lowest BCUT2D eigenvalue weighted by Crippen LogP contribution is -2.72. The molecule has 3 heterocycles. The maximum Gasteiger partial charge on any atom is 0.298 e. The number of benzene rings is 1. The molecule has 11 heteroatoms. The molecule has 6 atom stereocenters. The predicted octanol–water partition coefficient (Wildman–Crippen LogP) is 4.42. The van der Waals surface area contributed by atoms with Crippen LogP contribution >= 0.6 is 0 Å². The van der Waals surface area contributed by atoms with Crippen LogP contribution in [0.3, 0.4) is 0 Å². The molecule has 3 aliphatic carbocycles. The molecule has 3 unspecified atom stereocenters. The molecular formula is C38H46O11. The summed E-state index contributed by atoms with van der Waals surface area (Å²) in [4.78, 5) is 40.2. The number of ether oxygens (including phenoxy) is 4. The molecule has 1 saturated carbocycles. The zero-order chi connectivity index (χ0) is 36.1. The normalized spacial score (nSPS) is 31.8. The molecule has 0 aromatic heterocycles. The number of phenols is 1. The van der Waals surface area contributed by atoms with E-state index in [4.69, 9.17) is 18.9 Å². The Bertz CT molecular complexity index is 1750. The third-order valence-electron chi connectivity index (χ3n) is 10.7. The van der Waals surface area contributed by atoms with Gasteiger partial charge < -0.3 is 39.4 Å². The Balaban J connectivity index is 1.59. The van der Waals surface area contributed by atoms with Crippen molar-refractivity contribution >= 4 is 24.1 Å². The fraction of sp³-hybridized carbons (Fsp3) is 0.553. The van der Waals surface area contributed by atoms with Crippen LogP contribution in [0, 0.1) is 11.8 Å². The predicted molar refractivity (Wildman–Crippen MR) is 178 cm³/mol. The minimum Gasteiger partial charge on any atom is -0.506 e. The van der Waals surface area contributed by atoms with Gasteiger partial charge in [0.15, 0.2) is 22.8 Å². The number of aliphatic hydroxyl groups excluding tert-OH is 1. The van der Waals surface area contributed by atoms with Crippen LogP contribution in [-0.4, -0.2) is 78.2 Å². The molecule has 4 bridgehead atoms. The van der Waals surface area contributed by atoms with Gasteiger partial charge in [-0.15, -0.1) is 0 Å². The third kappa shape index (κ3) is 5.28. The van der Waals surface area contributed by atoms with Crippen LogP contribution in [0.5, 0.6) is 17.2 Å². The lowest BCUT2D eigenvalue weighted by Gasteiger charge is -2.56. The summed E-state index contributed by atoms with van der Waals surface area (Å²) < 4.78 is 25.4. The van der Waals surface area contributed by atoms with E-state index < -0.39 is 57.3 Å². The SMILES string of the molecule is C/C(=C/CC12OC(C)(C)C3C[C@@H](C=C4C(=O)c5c(O)c6c(c(CC(O)C(C)(C)O)c5O[C@]431)O[C@](C)(C/C=C/C(C)(C)O)C=C6)C2=O)OC=O. The lowest BCUT2D eigenvalue weighted by atomic mass is 9.51. The fourth-order valence-electron chi connectivity index (χ4n) is 8.25. The Hall–Kier alpha value is -3.77. The number of phenolic OH excluding ortho intramolecular Hbond substituents is 1. The molecule has 11 nitrogen and oxygen atoms in total. The highest BCUT2D eigenvalue weighted by Gasteiger charge is 2.81. The molecule has 1 aromatic rings. The number of fused-ring (bicyclic) bond motifs is 2. The fourth-order valence-corrected chi connectivity index (χ4v) is 8.25. The Morgan fingerprint density at radius 3 is 2.43 bits per heavy atom. The Morgan fingerprint density at radius 2 is 1.80 bits per heavy atom. The maximum absolute atomic E-state index is 14.8. The zero-order valence-electron chi connectivity index (χ0n) is 29.2. The van der Waals surface area contributed by atoms with Gasteiger partial charge in [0.1, 0.15) is 34.2 Å². The summed E-state index contributed by atoms with van der Waals surface area (Å²) in [7, 11) is 0. The van der Waals surface area contributed by atoms with Gasteiger partial charge in [-0.05, 0) is 80.0 Å². The van der Waals surface area contributed by atoms with Crippen molar-refractivity contribution in [1.29, 1.82) is 0 Å². The Kier molecular flexibility index (Phi) is 7.96. The molecular weight excluding hydrogens is 632 g/mol. The first kappa shape index (κ1) is 35.1. The van der Waals surface area contributed by atoms with Crippen LogP contribution in [0.25, 0.3) is 6.08 Å². The number of aliphatic hydroxyl groups is 3. The van der Waals surface area contributed by atoms with Crippen LogP contribution in [0.4, 0.5) is 0 Å². The number of hydrogen-bond donors (Lipinski definition) is 4. The van der Waals surface area contributed by atoms with E-state index >= 15 is 0 Å². The summed E-state index contributed by atoms with van der Waals surface area (Å²) in [5, 5.41) is 44.2. The molecule has 7 rings (SSSR count). The Morgan fingerprint density at radius 1 is 1.10 bits per heavy atom. The summed E-state index contributed by atoms with van der Waals surface area (Å²) in [6, 6.07) is 0. The van der Waals surface area contributed by atoms with E-state index in [1.54, 1.807) is 57.2 Å².